The molecule has 0 unspecified atom stereocenters. The van der Waals surface area contributed by atoms with Gasteiger partial charge in [-0.1, -0.05) is 17.3 Å². The van der Waals surface area contributed by atoms with Crippen molar-refractivity contribution in [3.63, 3.8) is 0 Å². The van der Waals surface area contributed by atoms with Crippen molar-refractivity contribution >= 4 is 28.5 Å². The van der Waals surface area contributed by atoms with E-state index in [4.69, 9.17) is 4.52 Å². The summed E-state index contributed by atoms with van der Waals surface area (Å²) in [6, 6.07) is 8.27. The molecular weight excluding hydrogens is 448 g/mol. The molecule has 3 heterocycles. The monoisotopic (exact) mass is 465 g/mol. The van der Waals surface area contributed by atoms with Crippen molar-refractivity contribution in [3.8, 4) is 11.4 Å². The lowest BCUT2D eigenvalue weighted by Crippen LogP contribution is -2.52. The molecule has 4 aromatic rings. The molecule has 172 valence electrons. The van der Waals surface area contributed by atoms with Crippen LogP contribution in [0.25, 0.3) is 22.3 Å². The van der Waals surface area contributed by atoms with Gasteiger partial charge in [-0.3, -0.25) is 14.4 Å². The van der Waals surface area contributed by atoms with Crippen LogP contribution in [-0.4, -0.2) is 68.7 Å². The topological polar surface area (TPSA) is 112 Å². The lowest BCUT2D eigenvalue weighted by Gasteiger charge is -2.34. The van der Waals surface area contributed by atoms with Gasteiger partial charge in [0.2, 0.25) is 12.2 Å². The molecule has 5 rings (SSSR count). The van der Waals surface area contributed by atoms with Gasteiger partial charge >= 0.3 is 0 Å². The zero-order chi connectivity index (χ0) is 23.8. The van der Waals surface area contributed by atoms with E-state index < -0.39 is 29.2 Å². The number of ketones is 1. The summed E-state index contributed by atoms with van der Waals surface area (Å²) in [6.45, 7) is 0.445. The summed E-state index contributed by atoms with van der Waals surface area (Å²) in [5, 5.41) is 3.69. The third kappa shape index (κ3) is 3.60. The van der Waals surface area contributed by atoms with E-state index in [0.29, 0.717) is 5.56 Å². The van der Waals surface area contributed by atoms with Crippen molar-refractivity contribution in [2.45, 2.75) is 0 Å². The molecule has 0 saturated carbocycles. The number of amides is 2. The minimum Gasteiger partial charge on any atom is -0.360 e. The van der Waals surface area contributed by atoms with Crippen molar-refractivity contribution in [1.82, 2.24) is 24.9 Å². The van der Waals surface area contributed by atoms with Crippen LogP contribution >= 0.6 is 0 Å². The Labute approximate surface area is 191 Å². The van der Waals surface area contributed by atoms with Crippen LogP contribution in [0.4, 0.5) is 8.78 Å². The van der Waals surface area contributed by atoms with E-state index in [9.17, 15) is 23.2 Å². The van der Waals surface area contributed by atoms with Gasteiger partial charge in [0.15, 0.2) is 0 Å². The molecule has 0 radical (unpaired) electrons. The number of nitrogens with zero attached hydrogens (tertiary/aromatic N) is 4. The van der Waals surface area contributed by atoms with E-state index in [0.717, 1.165) is 12.5 Å². The quantitative estimate of drug-likeness (QED) is 0.366. The van der Waals surface area contributed by atoms with E-state index in [1.54, 1.807) is 6.07 Å². The molecule has 2 aromatic carbocycles. The molecule has 0 spiro atoms. The first kappa shape index (κ1) is 21.4. The number of H-pyrrole nitrogens is 1. The minimum atomic E-state index is -0.885. The number of hydrogen-bond acceptors (Lipinski definition) is 6. The lowest BCUT2D eigenvalue weighted by atomic mass is 10.0. The third-order valence-corrected chi connectivity index (χ3v) is 5.78. The van der Waals surface area contributed by atoms with Gasteiger partial charge < -0.3 is 19.3 Å². The van der Waals surface area contributed by atoms with Gasteiger partial charge in [-0.25, -0.2) is 8.78 Å². The second-order valence-electron chi connectivity index (χ2n) is 7.70. The summed E-state index contributed by atoms with van der Waals surface area (Å²) in [5.74, 6) is -3.28. The standard InChI is InChI=1S/C23H17F2N5O4/c24-16-4-2-1-3-13(16)22(32)29-7-9-30(10-8-29)23(33)20(31)15-11-26-19-14(21-27-12-34-28-21)5-6-17(25)18(15)19/h1-6,11-12,26H,7-10H2. The van der Waals surface area contributed by atoms with Gasteiger partial charge in [-0.2, -0.15) is 4.98 Å². The predicted octanol–water partition coefficient (Wildman–Crippen LogP) is 2.66. The highest BCUT2D eigenvalue weighted by molar-refractivity contribution is 6.45. The number of Topliss-reactive ketones (excluding diaryl/α,β-unsaturated/α-hetero) is 1. The molecule has 1 saturated heterocycles. The summed E-state index contributed by atoms with van der Waals surface area (Å²) in [7, 11) is 0. The Morgan fingerprint density at radius 2 is 1.65 bits per heavy atom. The van der Waals surface area contributed by atoms with Gasteiger partial charge in [0.1, 0.15) is 11.6 Å². The number of nitrogens with one attached hydrogen (secondary N) is 1. The van der Waals surface area contributed by atoms with Crippen molar-refractivity contribution < 1.29 is 27.7 Å². The number of benzene rings is 2. The van der Waals surface area contributed by atoms with Crippen molar-refractivity contribution in [1.29, 1.82) is 0 Å². The summed E-state index contributed by atoms with van der Waals surface area (Å²) >= 11 is 0. The average molecular weight is 465 g/mol. The fraction of sp³-hybridized carbons (Fsp3) is 0.174. The zero-order valence-corrected chi connectivity index (χ0v) is 17.6. The second-order valence-corrected chi connectivity index (χ2v) is 7.70. The van der Waals surface area contributed by atoms with E-state index in [-0.39, 0.29) is 54.0 Å². The molecule has 2 aromatic heterocycles. The highest BCUT2D eigenvalue weighted by Crippen LogP contribution is 2.30. The maximum Gasteiger partial charge on any atom is 0.295 e. The summed E-state index contributed by atoms with van der Waals surface area (Å²) < 4.78 is 33.3. The van der Waals surface area contributed by atoms with Gasteiger partial charge in [-0.15, -0.1) is 0 Å². The van der Waals surface area contributed by atoms with Gasteiger partial charge in [0, 0.05) is 43.3 Å². The number of halogens is 2. The first-order chi connectivity index (χ1) is 16.5. The van der Waals surface area contributed by atoms with Crippen LogP contribution in [-0.2, 0) is 4.79 Å². The maximum absolute atomic E-state index is 14.7. The zero-order valence-electron chi connectivity index (χ0n) is 17.6. The first-order valence-corrected chi connectivity index (χ1v) is 10.4. The Morgan fingerprint density at radius 3 is 2.35 bits per heavy atom. The number of piperazine rings is 1. The van der Waals surface area contributed by atoms with Crippen molar-refractivity contribution in [2.24, 2.45) is 0 Å². The number of hydrogen-bond donors (Lipinski definition) is 1. The Balaban J connectivity index is 1.34. The normalized spacial score (nSPS) is 13.9. The molecule has 0 aliphatic carbocycles. The number of rotatable bonds is 4. The molecule has 1 aliphatic heterocycles. The van der Waals surface area contributed by atoms with Crippen LogP contribution < -0.4 is 0 Å². The smallest absolute Gasteiger partial charge is 0.295 e. The molecule has 0 bridgehead atoms. The van der Waals surface area contributed by atoms with Gasteiger partial charge in [0.05, 0.1) is 16.6 Å². The largest absolute Gasteiger partial charge is 0.360 e. The fourth-order valence-electron chi connectivity index (χ4n) is 4.04. The van der Waals surface area contributed by atoms with E-state index in [1.165, 1.54) is 40.3 Å². The van der Waals surface area contributed by atoms with Crippen LogP contribution in [0.2, 0.25) is 0 Å². The molecule has 1 aliphatic rings. The van der Waals surface area contributed by atoms with Crippen LogP contribution in [0.5, 0.6) is 0 Å². The van der Waals surface area contributed by atoms with Gasteiger partial charge in [0.25, 0.3) is 17.6 Å². The highest BCUT2D eigenvalue weighted by Gasteiger charge is 2.31. The molecule has 0 atom stereocenters. The Kier molecular flexibility index (Phi) is 5.36. The maximum atomic E-state index is 14.7. The van der Waals surface area contributed by atoms with Crippen LogP contribution in [0.15, 0.2) is 53.5 Å². The molecule has 1 N–H and O–H groups in total. The molecule has 2 amide bonds. The summed E-state index contributed by atoms with van der Waals surface area (Å²) in [6.07, 6.45) is 2.40. The minimum absolute atomic E-state index is 0.0472. The lowest BCUT2D eigenvalue weighted by molar-refractivity contribution is -0.127. The van der Waals surface area contributed by atoms with Gasteiger partial charge in [-0.05, 0) is 24.3 Å². The van der Waals surface area contributed by atoms with Crippen molar-refractivity contribution in [3.05, 3.63) is 71.8 Å². The number of fused-ring (bicyclic) bond motifs is 1. The summed E-state index contributed by atoms with van der Waals surface area (Å²) in [5.41, 5.74) is 0.507. The Bertz CT molecular complexity index is 1410. The van der Waals surface area contributed by atoms with Crippen molar-refractivity contribution in [2.75, 3.05) is 26.2 Å². The first-order valence-electron chi connectivity index (χ1n) is 10.4. The Morgan fingerprint density at radius 1 is 0.912 bits per heavy atom. The molecular formula is C23H17F2N5O4. The van der Waals surface area contributed by atoms with Crippen LogP contribution in [0, 0.1) is 11.6 Å². The molecule has 11 heteroatoms. The number of aromatic nitrogens is 3. The number of aromatic amines is 1. The second kappa shape index (κ2) is 8.50. The van der Waals surface area contributed by atoms with Crippen LogP contribution in [0.1, 0.15) is 20.7 Å². The highest BCUT2D eigenvalue weighted by atomic mass is 19.1. The van der Waals surface area contributed by atoms with E-state index >= 15 is 0 Å². The molecule has 34 heavy (non-hydrogen) atoms. The number of carbonyl (C=O) groups excluding carboxylic acids is 3. The number of carbonyl (C=O) groups is 3. The molecule has 9 nitrogen and oxygen atoms in total. The van der Waals surface area contributed by atoms with Crippen LogP contribution in [0.3, 0.4) is 0 Å². The van der Waals surface area contributed by atoms with E-state index in [2.05, 4.69) is 15.1 Å². The Hall–Kier alpha value is -4.41. The molecule has 1 fully saturated rings. The predicted molar refractivity (Wildman–Crippen MR) is 115 cm³/mol. The average Bonchev–Trinajstić information content (AvgIpc) is 3.55. The fourth-order valence-corrected chi connectivity index (χ4v) is 4.04. The third-order valence-electron chi connectivity index (χ3n) is 5.78. The summed E-state index contributed by atoms with van der Waals surface area (Å²) in [4.78, 5) is 48.0. The van der Waals surface area contributed by atoms with E-state index in [1.807, 2.05) is 0 Å². The SMILES string of the molecule is O=C(C(=O)N1CCN(C(=O)c2ccccc2F)CC1)c1c[nH]c2c(-c3ncon3)ccc(F)c12.